The first-order chi connectivity index (χ1) is 12.9. The van der Waals surface area contributed by atoms with Crippen LogP contribution in [0, 0.1) is 0 Å². The fraction of sp³-hybridized carbons (Fsp3) is 0.238. The molecule has 2 aromatic carbocycles. The fourth-order valence-corrected chi connectivity index (χ4v) is 3.29. The van der Waals surface area contributed by atoms with Crippen molar-refractivity contribution in [3.8, 4) is 0 Å². The first kappa shape index (κ1) is 19.1. The molecule has 1 heterocycles. The normalized spacial score (nSPS) is 19.1. The highest BCUT2D eigenvalue weighted by atomic mass is 35.5. The number of amides is 1. The molecule has 1 amide bonds. The van der Waals surface area contributed by atoms with Crippen LogP contribution in [0.15, 0.2) is 60.2 Å². The van der Waals surface area contributed by atoms with E-state index in [4.69, 9.17) is 11.6 Å². The molecule has 1 N–H and O–H groups in total. The molecule has 1 saturated heterocycles. The molecule has 0 aliphatic carbocycles. The Morgan fingerprint density at radius 2 is 1.70 bits per heavy atom. The Hall–Kier alpha value is -2.63. The minimum Gasteiger partial charge on any atom is -0.507 e. The maximum Gasteiger partial charge on any atom is 0.295 e. The van der Waals surface area contributed by atoms with Crippen molar-refractivity contribution < 1.29 is 14.7 Å². The number of nitrogens with zero attached hydrogens (tertiary/aromatic N) is 2. The molecule has 2 aromatic rings. The Labute approximate surface area is 163 Å². The predicted octanol–water partition coefficient (Wildman–Crippen LogP) is 3.32. The molecule has 0 aromatic heterocycles. The summed E-state index contributed by atoms with van der Waals surface area (Å²) in [5.74, 6) is -1.44. The van der Waals surface area contributed by atoms with E-state index in [2.05, 4.69) is 0 Å². The highest BCUT2D eigenvalue weighted by molar-refractivity contribution is 6.46. The number of rotatable bonds is 5. The third kappa shape index (κ3) is 3.89. The molecule has 0 bridgehead atoms. The molecule has 140 valence electrons. The lowest BCUT2D eigenvalue weighted by Gasteiger charge is -2.26. The zero-order chi connectivity index (χ0) is 19.6. The Morgan fingerprint density at radius 3 is 2.30 bits per heavy atom. The summed E-state index contributed by atoms with van der Waals surface area (Å²) in [6.07, 6.45) is 0. The Kier molecular flexibility index (Phi) is 5.63. The Balaban J connectivity index is 2.13. The van der Waals surface area contributed by atoms with Crippen molar-refractivity contribution in [1.82, 2.24) is 9.80 Å². The summed E-state index contributed by atoms with van der Waals surface area (Å²) in [4.78, 5) is 28.9. The number of likely N-dealkylation sites (tertiary alicyclic amines) is 1. The third-order valence-corrected chi connectivity index (χ3v) is 4.81. The van der Waals surface area contributed by atoms with E-state index in [0.717, 1.165) is 5.56 Å². The van der Waals surface area contributed by atoms with Gasteiger partial charge in [-0.05, 0) is 31.8 Å². The molecule has 0 radical (unpaired) electrons. The number of Topliss-reactive ketones (excluding diaryl/α,β-unsaturated/α-hetero) is 1. The number of benzene rings is 2. The summed E-state index contributed by atoms with van der Waals surface area (Å²) in [5, 5.41) is 11.4. The lowest BCUT2D eigenvalue weighted by Crippen LogP contribution is -2.35. The van der Waals surface area contributed by atoms with Crippen LogP contribution in [-0.2, 0) is 9.59 Å². The van der Waals surface area contributed by atoms with E-state index in [1.807, 2.05) is 25.1 Å². The van der Waals surface area contributed by atoms with Crippen molar-refractivity contribution in [2.45, 2.75) is 6.04 Å². The maximum atomic E-state index is 12.8. The average molecular weight is 385 g/mol. The van der Waals surface area contributed by atoms with Crippen LogP contribution in [0.4, 0.5) is 0 Å². The molecule has 6 heteroatoms. The highest BCUT2D eigenvalue weighted by Gasteiger charge is 2.45. The topological polar surface area (TPSA) is 60.9 Å². The molecule has 1 aliphatic rings. The largest absolute Gasteiger partial charge is 0.507 e. The number of aliphatic hydroxyl groups excluding tert-OH is 1. The van der Waals surface area contributed by atoms with Crippen molar-refractivity contribution in [2.24, 2.45) is 0 Å². The number of hydrogen-bond acceptors (Lipinski definition) is 4. The lowest BCUT2D eigenvalue weighted by atomic mass is 9.95. The summed E-state index contributed by atoms with van der Waals surface area (Å²) < 4.78 is 0. The highest BCUT2D eigenvalue weighted by Crippen LogP contribution is 2.39. The van der Waals surface area contributed by atoms with Gasteiger partial charge in [-0.3, -0.25) is 9.59 Å². The number of carbonyl (C=O) groups is 2. The van der Waals surface area contributed by atoms with Crippen LogP contribution in [0.1, 0.15) is 17.2 Å². The van der Waals surface area contributed by atoms with Gasteiger partial charge in [-0.1, -0.05) is 54.1 Å². The van der Waals surface area contributed by atoms with Crippen LogP contribution in [0.25, 0.3) is 5.76 Å². The zero-order valence-electron chi connectivity index (χ0n) is 15.2. The van der Waals surface area contributed by atoms with Gasteiger partial charge in [-0.15, -0.1) is 0 Å². The monoisotopic (exact) mass is 384 g/mol. The first-order valence-electron chi connectivity index (χ1n) is 8.64. The van der Waals surface area contributed by atoms with E-state index in [0.29, 0.717) is 23.7 Å². The summed E-state index contributed by atoms with van der Waals surface area (Å²) >= 11 is 5.99. The van der Waals surface area contributed by atoms with Crippen LogP contribution in [0.5, 0.6) is 0 Å². The average Bonchev–Trinajstić information content (AvgIpc) is 2.91. The van der Waals surface area contributed by atoms with Crippen LogP contribution in [0.3, 0.4) is 0 Å². The van der Waals surface area contributed by atoms with Gasteiger partial charge in [-0.2, -0.15) is 0 Å². The zero-order valence-corrected chi connectivity index (χ0v) is 16.0. The van der Waals surface area contributed by atoms with Crippen molar-refractivity contribution in [1.29, 1.82) is 0 Å². The van der Waals surface area contributed by atoms with Gasteiger partial charge in [0.25, 0.3) is 11.7 Å². The van der Waals surface area contributed by atoms with Crippen molar-refractivity contribution in [3.63, 3.8) is 0 Å². The number of halogens is 1. The Bertz CT molecular complexity index is 876. The van der Waals surface area contributed by atoms with Gasteiger partial charge in [0.2, 0.25) is 0 Å². The summed E-state index contributed by atoms with van der Waals surface area (Å²) in [7, 11) is 3.80. The van der Waals surface area contributed by atoms with Crippen LogP contribution >= 0.6 is 11.6 Å². The van der Waals surface area contributed by atoms with Crippen molar-refractivity contribution in [2.75, 3.05) is 27.2 Å². The molecule has 0 saturated carbocycles. The number of ketones is 1. The number of hydrogen-bond donors (Lipinski definition) is 1. The minimum absolute atomic E-state index is 0.104. The quantitative estimate of drug-likeness (QED) is 0.488. The second kappa shape index (κ2) is 7.94. The molecule has 1 fully saturated rings. The molecule has 1 aliphatic heterocycles. The van der Waals surface area contributed by atoms with E-state index >= 15 is 0 Å². The second-order valence-corrected chi connectivity index (χ2v) is 7.15. The summed E-state index contributed by atoms with van der Waals surface area (Å²) in [6.45, 7) is 0.971. The minimum atomic E-state index is -0.671. The Morgan fingerprint density at radius 1 is 1.07 bits per heavy atom. The fourth-order valence-electron chi connectivity index (χ4n) is 3.16. The number of likely N-dealkylation sites (N-methyl/N-ethyl adjacent to an activating group) is 1. The van der Waals surface area contributed by atoms with Crippen LogP contribution in [-0.4, -0.2) is 53.8 Å². The van der Waals surface area contributed by atoms with E-state index in [1.165, 1.54) is 4.90 Å². The molecule has 1 atom stereocenters. The van der Waals surface area contributed by atoms with Gasteiger partial charge in [0.1, 0.15) is 5.76 Å². The SMILES string of the molecule is CN(C)CCN1C(=O)C(=O)C(=C(O)c2ccccc2)[C@@H]1c1ccc(Cl)cc1. The van der Waals surface area contributed by atoms with Gasteiger partial charge in [0.05, 0.1) is 11.6 Å². The van der Waals surface area contributed by atoms with E-state index in [1.54, 1.807) is 48.5 Å². The van der Waals surface area contributed by atoms with Gasteiger partial charge < -0.3 is 14.9 Å². The maximum absolute atomic E-state index is 12.8. The van der Waals surface area contributed by atoms with Gasteiger partial charge in [0, 0.05) is 23.7 Å². The predicted molar refractivity (Wildman–Crippen MR) is 105 cm³/mol. The van der Waals surface area contributed by atoms with E-state index < -0.39 is 17.7 Å². The molecule has 5 nitrogen and oxygen atoms in total. The molecule has 3 rings (SSSR count). The first-order valence-corrected chi connectivity index (χ1v) is 9.02. The van der Waals surface area contributed by atoms with Crippen LogP contribution < -0.4 is 0 Å². The van der Waals surface area contributed by atoms with E-state index in [9.17, 15) is 14.7 Å². The standard InChI is InChI=1S/C21H21ClN2O3/c1-23(2)12-13-24-18(14-8-10-16(22)11-9-14)17(20(26)21(24)27)19(25)15-6-4-3-5-7-15/h3-11,18,25H,12-13H2,1-2H3/t18-/m0/s1. The third-order valence-electron chi connectivity index (χ3n) is 4.56. The molecular weight excluding hydrogens is 364 g/mol. The van der Waals surface area contributed by atoms with E-state index in [-0.39, 0.29) is 11.3 Å². The lowest BCUT2D eigenvalue weighted by molar-refractivity contribution is -0.140. The molecule has 0 spiro atoms. The van der Waals surface area contributed by atoms with Crippen LogP contribution in [0.2, 0.25) is 5.02 Å². The molecule has 0 unspecified atom stereocenters. The van der Waals surface area contributed by atoms with Crippen molar-refractivity contribution >= 4 is 29.1 Å². The van der Waals surface area contributed by atoms with Gasteiger partial charge >= 0.3 is 0 Å². The summed E-state index contributed by atoms with van der Waals surface area (Å²) in [6, 6.07) is 15.1. The van der Waals surface area contributed by atoms with Gasteiger partial charge in [-0.25, -0.2) is 0 Å². The summed E-state index contributed by atoms with van der Waals surface area (Å²) in [5.41, 5.74) is 1.34. The molecule has 27 heavy (non-hydrogen) atoms. The molecular formula is C21H21ClN2O3. The second-order valence-electron chi connectivity index (χ2n) is 6.71. The number of carbonyl (C=O) groups excluding carboxylic acids is 2. The smallest absolute Gasteiger partial charge is 0.295 e. The van der Waals surface area contributed by atoms with Crippen molar-refractivity contribution in [3.05, 3.63) is 76.3 Å². The number of aliphatic hydroxyl groups is 1. The van der Waals surface area contributed by atoms with Gasteiger partial charge in [0.15, 0.2) is 0 Å².